The van der Waals surface area contributed by atoms with Crippen molar-refractivity contribution in [3.8, 4) is 0 Å². The quantitative estimate of drug-likeness (QED) is 0.421. The molecule has 15 heteroatoms. The Balaban J connectivity index is 1.65. The normalized spacial score (nSPS) is 16.3. The van der Waals surface area contributed by atoms with Crippen LogP contribution in [0.25, 0.3) is 0 Å². The van der Waals surface area contributed by atoms with Gasteiger partial charge < -0.3 is 4.42 Å². The molecule has 2 aromatic heterocycles. The second kappa shape index (κ2) is 11.9. The van der Waals surface area contributed by atoms with Gasteiger partial charge in [0.1, 0.15) is 6.26 Å². The van der Waals surface area contributed by atoms with Gasteiger partial charge in [-0.05, 0) is 32.6 Å². The van der Waals surface area contributed by atoms with E-state index in [-0.39, 0.29) is 55.6 Å². The van der Waals surface area contributed by atoms with E-state index in [2.05, 4.69) is 15.4 Å². The van der Waals surface area contributed by atoms with Crippen LogP contribution in [0.1, 0.15) is 81.9 Å². The first-order chi connectivity index (χ1) is 17.3. The van der Waals surface area contributed by atoms with Crippen LogP contribution in [0.5, 0.6) is 0 Å². The lowest BCUT2D eigenvalue weighted by atomic mass is 10.1. The van der Waals surface area contributed by atoms with Crippen LogP contribution in [0.4, 0.5) is 11.8 Å². The first-order valence-corrected chi connectivity index (χ1v) is 15.5. The Kier molecular flexibility index (Phi) is 9.37. The Labute approximate surface area is 218 Å². The maximum Gasteiger partial charge on any atom is 0.304 e. The lowest BCUT2D eigenvalue weighted by Gasteiger charge is -2.21. The van der Waals surface area contributed by atoms with E-state index in [9.17, 15) is 21.6 Å². The minimum Gasteiger partial charge on any atom is -0.431 e. The molecule has 0 unspecified atom stereocenters. The third-order valence-electron chi connectivity index (χ3n) is 6.00. The Morgan fingerprint density at radius 1 is 1.08 bits per heavy atom. The van der Waals surface area contributed by atoms with Crippen molar-refractivity contribution in [1.29, 1.82) is 0 Å². The molecule has 208 valence electrons. The molecule has 0 aromatic carbocycles. The van der Waals surface area contributed by atoms with Crippen LogP contribution in [-0.2, 0) is 20.2 Å². The molecule has 0 bridgehead atoms. The maximum atomic E-state index is 12.9. The number of sulfonamides is 1. The average molecular weight is 560 g/mol. The number of nitrogens with zero attached hydrogens (tertiary/aromatic N) is 5. The highest BCUT2D eigenvalue weighted by Gasteiger charge is 2.31. The number of rotatable bonds is 11. The molecule has 13 nitrogen and oxygen atoms in total. The van der Waals surface area contributed by atoms with Gasteiger partial charge in [-0.1, -0.05) is 27.2 Å². The van der Waals surface area contributed by atoms with Gasteiger partial charge in [-0.15, -0.1) is 0 Å². The van der Waals surface area contributed by atoms with Gasteiger partial charge in [0.2, 0.25) is 10.0 Å². The summed E-state index contributed by atoms with van der Waals surface area (Å²) in [5.74, 6) is -0.214. The van der Waals surface area contributed by atoms with Crippen LogP contribution in [0.15, 0.2) is 16.9 Å². The minimum absolute atomic E-state index is 0.00107. The summed E-state index contributed by atoms with van der Waals surface area (Å²) in [5.41, 5.74) is 0.714. The second-order valence-corrected chi connectivity index (χ2v) is 13.3. The molecule has 0 saturated carbocycles. The molecular formula is C22H37N7O6S2. The molecule has 0 aliphatic carbocycles. The van der Waals surface area contributed by atoms with Gasteiger partial charge >= 0.3 is 16.2 Å². The Morgan fingerprint density at radius 3 is 2.41 bits per heavy atom. The van der Waals surface area contributed by atoms with Crippen molar-refractivity contribution >= 4 is 38.0 Å². The average Bonchev–Trinajstić information content (AvgIpc) is 3.37. The highest BCUT2D eigenvalue weighted by Crippen LogP contribution is 2.27. The van der Waals surface area contributed by atoms with E-state index < -0.39 is 26.1 Å². The fraction of sp³-hybridized carbons (Fsp3) is 0.682. The number of hydrogen-bond acceptors (Lipinski definition) is 9. The van der Waals surface area contributed by atoms with Gasteiger partial charge in [0, 0.05) is 44.0 Å². The van der Waals surface area contributed by atoms with Crippen molar-refractivity contribution in [2.24, 2.45) is 0 Å². The summed E-state index contributed by atoms with van der Waals surface area (Å²) in [6.07, 6.45) is 4.60. The third-order valence-corrected chi connectivity index (χ3v) is 9.44. The number of nitrogens with one attached hydrogen (secondary N) is 2. The van der Waals surface area contributed by atoms with Crippen molar-refractivity contribution in [3.05, 3.63) is 23.7 Å². The fourth-order valence-corrected chi connectivity index (χ4v) is 6.64. The number of unbranched alkanes of at least 4 members (excludes halogenated alkanes) is 1. The highest BCUT2D eigenvalue weighted by atomic mass is 32.2. The van der Waals surface area contributed by atoms with Crippen LogP contribution in [0.3, 0.4) is 0 Å². The molecule has 3 rings (SSSR count). The lowest BCUT2D eigenvalue weighted by molar-refractivity contribution is 0.0974. The molecule has 3 heterocycles. The number of anilines is 2. The Hall–Kier alpha value is -2.49. The molecule has 2 aromatic rings. The van der Waals surface area contributed by atoms with E-state index >= 15 is 0 Å². The maximum absolute atomic E-state index is 12.9. The van der Waals surface area contributed by atoms with Crippen molar-refractivity contribution in [3.63, 3.8) is 0 Å². The number of amides is 1. The van der Waals surface area contributed by atoms with Crippen molar-refractivity contribution < 1.29 is 26.0 Å². The van der Waals surface area contributed by atoms with Crippen LogP contribution >= 0.6 is 0 Å². The van der Waals surface area contributed by atoms with E-state index in [1.807, 2.05) is 45.5 Å². The molecule has 37 heavy (non-hydrogen) atoms. The van der Waals surface area contributed by atoms with Gasteiger partial charge in [-0.3, -0.25) is 14.8 Å². The number of carbonyl (C=O) groups is 1. The first kappa shape index (κ1) is 29.1. The van der Waals surface area contributed by atoms with Crippen LogP contribution < -0.4 is 10.0 Å². The topological polar surface area (TPSA) is 160 Å². The summed E-state index contributed by atoms with van der Waals surface area (Å²) in [5, 5.41) is 7.47. The predicted molar refractivity (Wildman–Crippen MR) is 139 cm³/mol. The number of hydrogen-bond donors (Lipinski definition) is 2. The van der Waals surface area contributed by atoms with Crippen molar-refractivity contribution in [2.45, 2.75) is 65.8 Å². The standard InChI is InChI=1S/C22H37N7O6S2/c1-6-7-13-36(31,32)27-9-8-10-28(12-11-27)37(33,34)26-21(30)19-15-35-22(23-19)24-20-18(16(2)3)14-29(25-20)17(4)5/h14-17H,6-13H2,1-5H3,(H,26,30)(H,23,24,25). The Morgan fingerprint density at radius 2 is 1.76 bits per heavy atom. The van der Waals surface area contributed by atoms with Gasteiger partial charge in [0.25, 0.3) is 5.91 Å². The molecule has 0 spiro atoms. The molecule has 1 amide bonds. The van der Waals surface area contributed by atoms with E-state index in [1.165, 1.54) is 4.31 Å². The largest absolute Gasteiger partial charge is 0.431 e. The van der Waals surface area contributed by atoms with E-state index in [1.54, 1.807) is 4.68 Å². The minimum atomic E-state index is -4.22. The van der Waals surface area contributed by atoms with Crippen molar-refractivity contribution in [2.75, 3.05) is 37.2 Å². The molecular weight excluding hydrogens is 522 g/mol. The van der Waals surface area contributed by atoms with Gasteiger partial charge in [-0.2, -0.15) is 22.8 Å². The first-order valence-electron chi connectivity index (χ1n) is 12.5. The summed E-state index contributed by atoms with van der Waals surface area (Å²) < 4.78 is 62.3. The smallest absolute Gasteiger partial charge is 0.304 e. The molecule has 1 aliphatic heterocycles. The molecule has 0 radical (unpaired) electrons. The molecule has 1 aliphatic rings. The van der Waals surface area contributed by atoms with E-state index in [0.29, 0.717) is 18.7 Å². The summed E-state index contributed by atoms with van der Waals surface area (Å²) in [7, 11) is -7.67. The van der Waals surface area contributed by atoms with Gasteiger partial charge in [0.15, 0.2) is 11.5 Å². The van der Waals surface area contributed by atoms with Crippen molar-refractivity contribution in [1.82, 2.24) is 28.1 Å². The molecule has 0 atom stereocenters. The summed E-state index contributed by atoms with van der Waals surface area (Å²) in [6.45, 7) is 10.2. The molecule has 2 N–H and O–H groups in total. The summed E-state index contributed by atoms with van der Waals surface area (Å²) in [4.78, 5) is 16.7. The van der Waals surface area contributed by atoms with E-state index in [0.717, 1.165) is 22.6 Å². The molecule has 1 fully saturated rings. The Bertz CT molecular complexity index is 1280. The fourth-order valence-electron chi connectivity index (χ4n) is 3.81. The lowest BCUT2D eigenvalue weighted by Crippen LogP contribution is -2.45. The summed E-state index contributed by atoms with van der Waals surface area (Å²) in [6, 6.07) is 0.146. The number of aromatic nitrogens is 3. The van der Waals surface area contributed by atoms with Gasteiger partial charge in [0.05, 0.1) is 5.75 Å². The van der Waals surface area contributed by atoms with Crippen LogP contribution in [0, 0.1) is 0 Å². The number of oxazole rings is 1. The third kappa shape index (κ3) is 7.30. The SMILES string of the molecule is CCCCS(=O)(=O)N1CCCN(S(=O)(=O)NC(=O)c2coc(Nc3nn(C(C)C)cc3C(C)C)n2)CC1. The second-order valence-electron chi connectivity index (χ2n) is 9.58. The zero-order valence-corrected chi connectivity index (χ0v) is 23.6. The molecule has 1 saturated heterocycles. The monoisotopic (exact) mass is 559 g/mol. The predicted octanol–water partition coefficient (Wildman–Crippen LogP) is 2.43. The zero-order chi connectivity index (χ0) is 27.4. The van der Waals surface area contributed by atoms with E-state index in [4.69, 9.17) is 4.42 Å². The van der Waals surface area contributed by atoms with Crippen LogP contribution in [-0.4, -0.2) is 78.0 Å². The zero-order valence-electron chi connectivity index (χ0n) is 22.0. The van der Waals surface area contributed by atoms with Crippen LogP contribution in [0.2, 0.25) is 0 Å². The summed E-state index contributed by atoms with van der Waals surface area (Å²) >= 11 is 0. The highest BCUT2D eigenvalue weighted by molar-refractivity contribution is 7.89. The number of carbonyl (C=O) groups excluding carboxylic acids is 1. The van der Waals surface area contributed by atoms with Gasteiger partial charge in [-0.25, -0.2) is 17.4 Å².